The monoisotopic (exact) mass is 626 g/mol. The molecule has 0 atom stereocenters. The molecule has 0 aliphatic heterocycles. The third-order valence-electron chi connectivity index (χ3n) is 5.09. The van der Waals surface area contributed by atoms with Crippen molar-refractivity contribution in [3.63, 3.8) is 0 Å². The van der Waals surface area contributed by atoms with Crippen molar-refractivity contribution >= 4 is 54.3 Å². The van der Waals surface area contributed by atoms with Gasteiger partial charge in [0.05, 0.1) is 0 Å². The zero-order valence-corrected chi connectivity index (χ0v) is 23.6. The van der Waals surface area contributed by atoms with E-state index in [0.29, 0.717) is 11.4 Å². The fraction of sp³-hybridized carbons (Fsp3) is 0. The predicted octanol–water partition coefficient (Wildman–Crippen LogP) is 5.76. The van der Waals surface area contributed by atoms with E-state index in [1.807, 2.05) is 12.1 Å². The van der Waals surface area contributed by atoms with Gasteiger partial charge < -0.3 is 10.2 Å². The second-order valence-corrected chi connectivity index (χ2v) is 14.3. The molecule has 0 unspecified atom stereocenters. The van der Waals surface area contributed by atoms with E-state index < -0.39 is 32.4 Å². The molecule has 39 heavy (non-hydrogen) atoms. The Morgan fingerprint density at radius 3 is 0.872 bits per heavy atom. The Morgan fingerprint density at radius 1 is 0.410 bits per heavy atom. The molecular weight excluding hydrogens is 598 g/mol. The van der Waals surface area contributed by atoms with Crippen LogP contribution in [0, 0.1) is 0 Å². The van der Waals surface area contributed by atoms with Gasteiger partial charge >= 0.3 is 134 Å². The zero-order chi connectivity index (χ0) is 27.7. The van der Waals surface area contributed by atoms with Crippen molar-refractivity contribution in [1.82, 2.24) is 0 Å². The Labute approximate surface area is 235 Å². The summed E-state index contributed by atoms with van der Waals surface area (Å²) in [4.78, 5) is 20.1. The average molecular weight is 627 g/mol. The van der Waals surface area contributed by atoms with Gasteiger partial charge in [0.1, 0.15) is 0 Å². The van der Waals surface area contributed by atoms with Gasteiger partial charge in [-0.15, -0.1) is 0 Å². The normalized spacial score (nSPS) is 9.67. The summed E-state index contributed by atoms with van der Waals surface area (Å²) in [5.74, 6) is 0. The van der Waals surface area contributed by atoms with Crippen molar-refractivity contribution in [3.8, 4) is 0 Å². The maximum absolute atomic E-state index is 10.1. The number of nitrogens with one attached hydrogen (secondary N) is 2. The molecule has 0 aliphatic rings. The molecule has 0 fully saturated rings. The van der Waals surface area contributed by atoms with E-state index in [9.17, 15) is 9.59 Å². The van der Waals surface area contributed by atoms with Crippen LogP contribution in [0.2, 0.25) is 0 Å². The van der Waals surface area contributed by atoms with E-state index in [1.165, 1.54) is 10.5 Å². The summed E-state index contributed by atoms with van der Waals surface area (Å²) in [6.45, 7) is 0. The van der Waals surface area contributed by atoms with Gasteiger partial charge in [-0.2, -0.15) is 0 Å². The van der Waals surface area contributed by atoms with Crippen LogP contribution in [-0.4, -0.2) is 42.6 Å². The van der Waals surface area contributed by atoms with Crippen molar-refractivity contribution in [2.45, 2.75) is 0 Å². The Hall–Kier alpha value is -4.54. The molecule has 5 aromatic carbocycles. The summed E-state index contributed by atoms with van der Waals surface area (Å²) in [5, 5.41) is 21.0. The molecule has 0 heterocycles. The van der Waals surface area contributed by atoms with Crippen LogP contribution in [0.3, 0.4) is 0 Å². The molecule has 7 heteroatoms. The van der Waals surface area contributed by atoms with Gasteiger partial charge in [0.15, 0.2) is 0 Å². The first-order valence-corrected chi connectivity index (χ1v) is 15.9. The van der Waals surface area contributed by atoms with Gasteiger partial charge in [0.25, 0.3) is 0 Å². The van der Waals surface area contributed by atoms with Crippen LogP contribution >= 0.6 is 0 Å². The molecule has 5 aromatic rings. The van der Waals surface area contributed by atoms with Crippen molar-refractivity contribution in [2.75, 3.05) is 10.6 Å². The molecule has 2 amide bonds. The van der Waals surface area contributed by atoms with Crippen molar-refractivity contribution < 1.29 is 19.8 Å². The topological polar surface area (TPSA) is 98.7 Å². The van der Waals surface area contributed by atoms with Crippen LogP contribution in [0.4, 0.5) is 21.0 Å². The van der Waals surface area contributed by atoms with Gasteiger partial charge in [0, 0.05) is 11.4 Å². The van der Waals surface area contributed by atoms with E-state index >= 15 is 0 Å². The Bertz CT molecular complexity index is 1240. The van der Waals surface area contributed by atoms with Crippen LogP contribution in [0.1, 0.15) is 0 Å². The van der Waals surface area contributed by atoms with Gasteiger partial charge in [-0.25, -0.2) is 9.59 Å². The number of hydrogen-bond acceptors (Lipinski definition) is 2. The van der Waals surface area contributed by atoms with Gasteiger partial charge in [-0.05, 0) is 24.3 Å². The molecule has 6 nitrogen and oxygen atoms in total. The molecule has 0 saturated heterocycles. The Morgan fingerprint density at radius 2 is 0.641 bits per heavy atom. The Kier molecular flexibility index (Phi) is 12.2. The first-order valence-electron chi connectivity index (χ1n) is 12.1. The second kappa shape index (κ2) is 16.3. The molecule has 0 radical (unpaired) electrons. The quantitative estimate of drug-likeness (QED) is 0.187. The second-order valence-electron chi connectivity index (χ2n) is 7.93. The van der Waals surface area contributed by atoms with Crippen LogP contribution in [-0.2, 0) is 0 Å². The standard InChI is InChI=1S/2C7H7NO2.3C6H5.Sb/c2*9-7(10)8-6-4-2-1-3-5-6;3*1-2-4-6-5-3-1;/h2*1-5,8H,(H,9,10);3*1-5H;. The van der Waals surface area contributed by atoms with Gasteiger partial charge in [-0.3, -0.25) is 10.6 Å². The molecule has 4 N–H and O–H groups in total. The minimum absolute atomic E-state index is 0.593. The number of carboxylic acid groups (broad SMARTS) is 2. The number of rotatable bonds is 5. The minimum atomic E-state index is -1.83. The van der Waals surface area contributed by atoms with E-state index in [-0.39, 0.29) is 0 Å². The molecule has 0 saturated carbocycles. The van der Waals surface area contributed by atoms with E-state index in [0.717, 1.165) is 0 Å². The third kappa shape index (κ3) is 10.8. The van der Waals surface area contributed by atoms with Crippen LogP contribution in [0.15, 0.2) is 152 Å². The number of para-hydroxylation sites is 2. The van der Waals surface area contributed by atoms with Crippen molar-refractivity contribution in [2.24, 2.45) is 0 Å². The fourth-order valence-electron chi connectivity index (χ4n) is 3.47. The summed E-state index contributed by atoms with van der Waals surface area (Å²) in [6.07, 6.45) is -2.07. The summed E-state index contributed by atoms with van der Waals surface area (Å²) < 4.78 is 4.55. The number of carbonyl (C=O) groups is 2. The van der Waals surface area contributed by atoms with Crippen molar-refractivity contribution in [3.05, 3.63) is 152 Å². The van der Waals surface area contributed by atoms with Gasteiger partial charge in [-0.1, -0.05) is 36.4 Å². The molecule has 0 aliphatic carbocycles. The van der Waals surface area contributed by atoms with E-state index in [4.69, 9.17) is 10.2 Å². The SMILES string of the molecule is O=C(O)Nc1ccccc1.O=C(O)Nc1ccccc1.c1cc[c]([Sb]([c]2ccccc2)[c]2ccccc2)cc1. The summed E-state index contributed by atoms with van der Waals surface area (Å²) in [5.41, 5.74) is 1.19. The number of benzene rings is 5. The number of hydrogen-bond donors (Lipinski definition) is 4. The number of anilines is 2. The summed E-state index contributed by atoms with van der Waals surface area (Å²) in [7, 11) is 0. The molecule has 196 valence electrons. The molecule has 0 spiro atoms. The van der Waals surface area contributed by atoms with Gasteiger partial charge in [0.2, 0.25) is 0 Å². The van der Waals surface area contributed by atoms with Crippen LogP contribution < -0.4 is 21.2 Å². The van der Waals surface area contributed by atoms with Crippen LogP contribution in [0.25, 0.3) is 0 Å². The molecular formula is C32H29N2O4Sb. The van der Waals surface area contributed by atoms with Crippen LogP contribution in [0.5, 0.6) is 0 Å². The first-order chi connectivity index (χ1) is 19.0. The predicted molar refractivity (Wildman–Crippen MR) is 160 cm³/mol. The Balaban J connectivity index is 0.000000178. The van der Waals surface area contributed by atoms with E-state index in [1.54, 1.807) is 48.5 Å². The summed E-state index contributed by atoms with van der Waals surface area (Å²) >= 11 is -1.83. The molecule has 0 aromatic heterocycles. The number of amides is 2. The van der Waals surface area contributed by atoms with Crippen molar-refractivity contribution in [1.29, 1.82) is 0 Å². The molecule has 5 rings (SSSR count). The zero-order valence-electron chi connectivity index (χ0n) is 21.1. The van der Waals surface area contributed by atoms with E-state index in [2.05, 4.69) is 102 Å². The first kappa shape index (κ1) is 29.0. The summed E-state index contributed by atoms with van der Waals surface area (Å²) in [6, 6.07) is 50.4. The average Bonchev–Trinajstić information content (AvgIpc) is 2.96. The maximum atomic E-state index is 10.1. The third-order valence-corrected chi connectivity index (χ3v) is 12.1. The fourth-order valence-corrected chi connectivity index (χ4v) is 10.0. The molecule has 0 bridgehead atoms.